The third-order valence-corrected chi connectivity index (χ3v) is 7.19. The molecular weight excluding hydrogens is 541 g/mol. The van der Waals surface area contributed by atoms with Crippen molar-refractivity contribution in [1.82, 2.24) is 0 Å². The number of aliphatic hydroxyl groups is 1. The van der Waals surface area contributed by atoms with Crippen LogP contribution in [0.25, 0.3) is 5.76 Å². The number of ketones is 1. The van der Waals surface area contributed by atoms with Gasteiger partial charge in [-0.3, -0.25) is 14.5 Å². The van der Waals surface area contributed by atoms with E-state index in [1.807, 2.05) is 31.2 Å². The molecule has 1 amide bonds. The normalized spacial score (nSPS) is 16.6. The van der Waals surface area contributed by atoms with Crippen LogP contribution in [0.15, 0.2) is 60.2 Å². The van der Waals surface area contributed by atoms with Crippen LogP contribution in [0.3, 0.4) is 0 Å². The number of ether oxygens (including phenoxy) is 3. The second-order valence-electron chi connectivity index (χ2n) is 9.21. The molecule has 1 aliphatic rings. The molecule has 3 aromatic rings. The van der Waals surface area contributed by atoms with Crippen molar-refractivity contribution in [2.24, 2.45) is 0 Å². The summed E-state index contributed by atoms with van der Waals surface area (Å²) in [4.78, 5) is 28.5. The zero-order valence-electron chi connectivity index (χ0n) is 22.2. The molecule has 7 nitrogen and oxygen atoms in total. The summed E-state index contributed by atoms with van der Waals surface area (Å²) in [5.74, 6) is -1.11. The van der Waals surface area contributed by atoms with Gasteiger partial charge in [-0.2, -0.15) is 0 Å². The van der Waals surface area contributed by atoms with Crippen LogP contribution in [0.1, 0.15) is 49.4 Å². The smallest absolute Gasteiger partial charge is 0.300 e. The second kappa shape index (κ2) is 11.6. The standard InChI is InChI=1S/C30H29Cl2NO6/c1-6-39-20-9-7-8-19(14-20)33-25(18-12-10-17(11-13-18)16(2)3)23(27(35)30(33)36)26(34)21-15-22(31)29(38-5)24(32)28(21)37-4/h7-16,25,34H,6H2,1-5H3/b26-23+. The van der Waals surface area contributed by atoms with Gasteiger partial charge < -0.3 is 19.3 Å². The lowest BCUT2D eigenvalue weighted by atomic mass is 9.92. The van der Waals surface area contributed by atoms with E-state index in [1.165, 1.54) is 25.2 Å². The lowest BCUT2D eigenvalue weighted by Crippen LogP contribution is -2.29. The van der Waals surface area contributed by atoms with E-state index in [9.17, 15) is 14.7 Å². The molecule has 9 heteroatoms. The number of amides is 1. The minimum atomic E-state index is -0.951. The number of rotatable bonds is 8. The van der Waals surface area contributed by atoms with Crippen molar-refractivity contribution in [2.45, 2.75) is 32.7 Å². The van der Waals surface area contributed by atoms with Crippen LogP contribution in [0.5, 0.6) is 17.2 Å². The Morgan fingerprint density at radius 2 is 1.67 bits per heavy atom. The van der Waals surface area contributed by atoms with Crippen molar-refractivity contribution >= 4 is 46.3 Å². The Hall–Kier alpha value is -3.68. The van der Waals surface area contributed by atoms with Gasteiger partial charge in [0.25, 0.3) is 11.7 Å². The van der Waals surface area contributed by atoms with Gasteiger partial charge in [0.2, 0.25) is 0 Å². The summed E-state index contributed by atoms with van der Waals surface area (Å²) in [7, 11) is 2.76. The van der Waals surface area contributed by atoms with Gasteiger partial charge in [-0.05, 0) is 42.2 Å². The van der Waals surface area contributed by atoms with Crippen LogP contribution in [-0.4, -0.2) is 37.6 Å². The minimum absolute atomic E-state index is 0.0190. The summed E-state index contributed by atoms with van der Waals surface area (Å²) in [6.07, 6.45) is 0. The molecule has 1 aliphatic heterocycles. The van der Waals surface area contributed by atoms with Crippen molar-refractivity contribution in [3.05, 3.63) is 86.9 Å². The first-order valence-corrected chi connectivity index (χ1v) is 13.1. The van der Waals surface area contributed by atoms with Crippen LogP contribution in [0, 0.1) is 0 Å². The van der Waals surface area contributed by atoms with Crippen molar-refractivity contribution < 1.29 is 28.9 Å². The van der Waals surface area contributed by atoms with Crippen molar-refractivity contribution in [3.63, 3.8) is 0 Å². The van der Waals surface area contributed by atoms with Gasteiger partial charge in [-0.15, -0.1) is 0 Å². The fraction of sp³-hybridized carbons (Fsp3) is 0.267. The number of methoxy groups -OCH3 is 2. The summed E-state index contributed by atoms with van der Waals surface area (Å²) in [6.45, 7) is 6.43. The van der Waals surface area contributed by atoms with Gasteiger partial charge >= 0.3 is 0 Å². The van der Waals surface area contributed by atoms with Crippen LogP contribution < -0.4 is 19.1 Å². The van der Waals surface area contributed by atoms with E-state index < -0.39 is 23.5 Å². The largest absolute Gasteiger partial charge is 0.507 e. The first kappa shape index (κ1) is 28.3. The topological polar surface area (TPSA) is 85.3 Å². The number of carbonyl (C=O) groups is 2. The number of benzene rings is 3. The molecule has 1 heterocycles. The zero-order chi connectivity index (χ0) is 28.4. The average Bonchev–Trinajstić information content (AvgIpc) is 3.18. The molecule has 1 fully saturated rings. The molecule has 3 aromatic carbocycles. The number of hydrogen-bond acceptors (Lipinski definition) is 6. The number of aliphatic hydroxyl groups excluding tert-OH is 1. The maximum Gasteiger partial charge on any atom is 0.300 e. The first-order chi connectivity index (χ1) is 18.6. The Morgan fingerprint density at radius 3 is 2.26 bits per heavy atom. The molecule has 0 spiro atoms. The van der Waals surface area contributed by atoms with E-state index >= 15 is 0 Å². The van der Waals surface area contributed by atoms with E-state index in [4.69, 9.17) is 37.4 Å². The van der Waals surface area contributed by atoms with Gasteiger partial charge in [0.15, 0.2) is 11.5 Å². The lowest BCUT2D eigenvalue weighted by molar-refractivity contribution is -0.132. The summed E-state index contributed by atoms with van der Waals surface area (Å²) < 4.78 is 16.4. The van der Waals surface area contributed by atoms with Crippen molar-refractivity contribution in [1.29, 1.82) is 0 Å². The molecule has 1 unspecified atom stereocenters. The number of hydrogen-bond donors (Lipinski definition) is 1. The molecular formula is C30H29Cl2NO6. The summed E-state index contributed by atoms with van der Waals surface area (Å²) in [5, 5.41) is 11.7. The highest BCUT2D eigenvalue weighted by Gasteiger charge is 2.47. The highest BCUT2D eigenvalue weighted by Crippen LogP contribution is 2.48. The van der Waals surface area contributed by atoms with Crippen LogP contribution in [0.2, 0.25) is 10.0 Å². The van der Waals surface area contributed by atoms with Crippen LogP contribution in [0.4, 0.5) is 5.69 Å². The summed E-state index contributed by atoms with van der Waals surface area (Å²) in [5.41, 5.74) is 2.08. The average molecular weight is 570 g/mol. The van der Waals surface area contributed by atoms with Crippen molar-refractivity contribution in [3.8, 4) is 17.2 Å². The predicted octanol–water partition coefficient (Wildman–Crippen LogP) is 7.16. The number of Topliss-reactive ketones (excluding diaryl/α,β-unsaturated/α-hetero) is 1. The van der Waals surface area contributed by atoms with Gasteiger partial charge in [0.05, 0.1) is 43.0 Å². The Kier molecular flexibility index (Phi) is 8.42. The fourth-order valence-corrected chi connectivity index (χ4v) is 5.35. The van der Waals surface area contributed by atoms with Gasteiger partial charge in [-0.1, -0.05) is 67.4 Å². The maximum atomic E-state index is 13.6. The number of halogens is 2. The molecule has 1 atom stereocenters. The molecule has 1 N–H and O–H groups in total. The number of carbonyl (C=O) groups excluding carboxylic acids is 2. The predicted molar refractivity (Wildman–Crippen MR) is 152 cm³/mol. The maximum absolute atomic E-state index is 13.6. The molecule has 0 saturated carbocycles. The quantitative estimate of drug-likeness (QED) is 0.176. The molecule has 0 aromatic heterocycles. The van der Waals surface area contributed by atoms with E-state index in [1.54, 1.807) is 24.3 Å². The first-order valence-electron chi connectivity index (χ1n) is 12.4. The molecule has 0 aliphatic carbocycles. The Labute approximate surface area is 237 Å². The summed E-state index contributed by atoms with van der Waals surface area (Å²) in [6, 6.07) is 14.9. The van der Waals surface area contributed by atoms with Gasteiger partial charge in [0.1, 0.15) is 16.5 Å². The Bertz CT molecular complexity index is 1450. The zero-order valence-corrected chi connectivity index (χ0v) is 23.8. The minimum Gasteiger partial charge on any atom is -0.507 e. The van der Waals surface area contributed by atoms with E-state index in [2.05, 4.69) is 13.8 Å². The molecule has 39 heavy (non-hydrogen) atoms. The lowest BCUT2D eigenvalue weighted by Gasteiger charge is -2.26. The van der Waals surface area contributed by atoms with Gasteiger partial charge in [-0.25, -0.2) is 0 Å². The molecule has 0 bridgehead atoms. The Balaban J connectivity index is 1.99. The number of anilines is 1. The van der Waals surface area contributed by atoms with E-state index in [0.717, 1.165) is 5.56 Å². The fourth-order valence-electron chi connectivity index (χ4n) is 4.66. The summed E-state index contributed by atoms with van der Waals surface area (Å²) >= 11 is 12.8. The number of nitrogens with zero attached hydrogens (tertiary/aromatic N) is 1. The third-order valence-electron chi connectivity index (χ3n) is 6.56. The van der Waals surface area contributed by atoms with Crippen LogP contribution in [-0.2, 0) is 9.59 Å². The van der Waals surface area contributed by atoms with Gasteiger partial charge in [0, 0.05) is 11.8 Å². The van der Waals surface area contributed by atoms with E-state index in [-0.39, 0.29) is 38.6 Å². The molecule has 4 rings (SSSR count). The molecule has 1 saturated heterocycles. The van der Waals surface area contributed by atoms with E-state index in [0.29, 0.717) is 23.6 Å². The highest BCUT2D eigenvalue weighted by atomic mass is 35.5. The van der Waals surface area contributed by atoms with Crippen molar-refractivity contribution in [2.75, 3.05) is 25.7 Å². The monoisotopic (exact) mass is 569 g/mol. The molecule has 0 radical (unpaired) electrons. The van der Waals surface area contributed by atoms with Crippen LogP contribution >= 0.6 is 23.2 Å². The highest BCUT2D eigenvalue weighted by molar-refractivity contribution is 6.52. The third kappa shape index (κ3) is 5.16. The molecule has 204 valence electrons. The Morgan fingerprint density at radius 1 is 1.00 bits per heavy atom. The SMILES string of the molecule is CCOc1cccc(N2C(=O)C(=O)/C(=C(/O)c3cc(Cl)c(OC)c(Cl)c3OC)C2c2ccc(C(C)C)cc2)c1. The second-order valence-corrected chi connectivity index (χ2v) is 9.99.